The number of halogens is 1. The number of hydrogen-bond donors (Lipinski definition) is 1. The van der Waals surface area contributed by atoms with Crippen molar-refractivity contribution in [3.05, 3.63) is 0 Å². The molecule has 0 aromatic carbocycles. The van der Waals surface area contributed by atoms with E-state index in [1.807, 2.05) is 0 Å². The Hall–Kier alpha value is 0.250. The van der Waals surface area contributed by atoms with Crippen LogP contribution in [0.3, 0.4) is 0 Å². The second-order valence-electron chi connectivity index (χ2n) is 3.33. The molecule has 0 aliphatic heterocycles. The smallest absolute Gasteiger partial charge is 0.0403 e. The predicted octanol–water partition coefficient (Wildman–Crippen LogP) is 2.78. The molecule has 1 nitrogen and oxygen atoms in total. The molecule has 0 heterocycles. The van der Waals surface area contributed by atoms with E-state index in [-0.39, 0.29) is 5.54 Å². The summed E-state index contributed by atoms with van der Waals surface area (Å²) in [6.07, 6.45) is 3.59. The first-order valence-electron chi connectivity index (χ1n) is 4.49. The van der Waals surface area contributed by atoms with E-state index in [1.54, 1.807) is 0 Å². The van der Waals surface area contributed by atoms with Crippen LogP contribution in [-0.2, 0) is 0 Å². The minimum atomic E-state index is 0.150. The third-order valence-electron chi connectivity index (χ3n) is 2.16. The largest absolute Gasteiger partial charge is 0.310 e. The lowest BCUT2D eigenvalue weighted by molar-refractivity contribution is 0.378. The van der Waals surface area contributed by atoms with Crippen LogP contribution in [0.15, 0.2) is 0 Å². The Morgan fingerprint density at radius 1 is 1.36 bits per heavy atom. The van der Waals surface area contributed by atoms with Gasteiger partial charge in [0.15, 0.2) is 0 Å². The normalized spacial score (nSPS) is 16.4. The SMILES string of the molecule is CCCCNC(C)(CC)CCl. The molecule has 0 bridgehead atoms. The summed E-state index contributed by atoms with van der Waals surface area (Å²) in [5, 5.41) is 3.46. The lowest BCUT2D eigenvalue weighted by atomic mass is 10.0. The zero-order valence-corrected chi connectivity index (χ0v) is 8.67. The van der Waals surface area contributed by atoms with Crippen molar-refractivity contribution >= 4 is 11.6 Å². The molecule has 1 unspecified atom stereocenters. The van der Waals surface area contributed by atoms with Crippen LogP contribution in [0.25, 0.3) is 0 Å². The topological polar surface area (TPSA) is 12.0 Å². The minimum absolute atomic E-state index is 0.150. The van der Waals surface area contributed by atoms with E-state index in [0.29, 0.717) is 5.88 Å². The Morgan fingerprint density at radius 2 is 2.00 bits per heavy atom. The van der Waals surface area contributed by atoms with E-state index in [0.717, 1.165) is 13.0 Å². The summed E-state index contributed by atoms with van der Waals surface area (Å²) in [7, 11) is 0. The molecule has 0 aliphatic rings. The van der Waals surface area contributed by atoms with E-state index in [1.165, 1.54) is 12.8 Å². The first kappa shape index (κ1) is 11.2. The van der Waals surface area contributed by atoms with Crippen molar-refractivity contribution in [2.75, 3.05) is 12.4 Å². The van der Waals surface area contributed by atoms with Crippen LogP contribution in [-0.4, -0.2) is 18.0 Å². The fraction of sp³-hybridized carbons (Fsp3) is 1.00. The molecular weight excluding hydrogens is 158 g/mol. The van der Waals surface area contributed by atoms with Crippen LogP contribution in [0.2, 0.25) is 0 Å². The second-order valence-corrected chi connectivity index (χ2v) is 3.60. The Kier molecular flexibility index (Phi) is 5.98. The number of hydrogen-bond acceptors (Lipinski definition) is 1. The van der Waals surface area contributed by atoms with E-state index >= 15 is 0 Å². The number of nitrogens with one attached hydrogen (secondary N) is 1. The number of alkyl halides is 1. The number of unbranched alkanes of at least 4 members (excludes halogenated alkanes) is 1. The Balaban J connectivity index is 3.51. The van der Waals surface area contributed by atoms with Gasteiger partial charge >= 0.3 is 0 Å². The molecule has 0 aromatic heterocycles. The molecule has 0 radical (unpaired) electrons. The molecule has 0 aromatic rings. The Labute approximate surface area is 75.5 Å². The Morgan fingerprint density at radius 3 is 2.36 bits per heavy atom. The van der Waals surface area contributed by atoms with Crippen molar-refractivity contribution in [1.82, 2.24) is 5.32 Å². The average Bonchev–Trinajstić information content (AvgIpc) is 2.05. The average molecular weight is 178 g/mol. The van der Waals surface area contributed by atoms with Gasteiger partial charge in [-0.2, -0.15) is 0 Å². The highest BCUT2D eigenvalue weighted by Crippen LogP contribution is 2.10. The van der Waals surface area contributed by atoms with Crippen LogP contribution in [0.1, 0.15) is 40.0 Å². The van der Waals surface area contributed by atoms with Crippen molar-refractivity contribution in [3.63, 3.8) is 0 Å². The summed E-state index contributed by atoms with van der Waals surface area (Å²) >= 11 is 5.83. The van der Waals surface area contributed by atoms with Crippen LogP contribution in [0.5, 0.6) is 0 Å². The van der Waals surface area contributed by atoms with Crippen molar-refractivity contribution in [2.45, 2.75) is 45.6 Å². The molecule has 0 rings (SSSR count). The molecule has 0 spiro atoms. The lowest BCUT2D eigenvalue weighted by Crippen LogP contribution is -2.43. The summed E-state index contributed by atoms with van der Waals surface area (Å²) < 4.78 is 0. The van der Waals surface area contributed by atoms with Gasteiger partial charge in [-0.25, -0.2) is 0 Å². The fourth-order valence-electron chi connectivity index (χ4n) is 0.834. The van der Waals surface area contributed by atoms with Crippen molar-refractivity contribution < 1.29 is 0 Å². The molecule has 2 heteroatoms. The first-order chi connectivity index (χ1) is 5.18. The summed E-state index contributed by atoms with van der Waals surface area (Å²) in [5.41, 5.74) is 0.150. The van der Waals surface area contributed by atoms with Gasteiger partial charge in [0.25, 0.3) is 0 Å². The van der Waals surface area contributed by atoms with Crippen LogP contribution in [0, 0.1) is 0 Å². The summed E-state index contributed by atoms with van der Waals surface area (Å²) in [5.74, 6) is 0.702. The summed E-state index contributed by atoms with van der Waals surface area (Å²) in [6, 6.07) is 0. The van der Waals surface area contributed by atoms with Gasteiger partial charge in [0, 0.05) is 11.4 Å². The van der Waals surface area contributed by atoms with Crippen molar-refractivity contribution in [2.24, 2.45) is 0 Å². The van der Waals surface area contributed by atoms with Gasteiger partial charge in [0.2, 0.25) is 0 Å². The Bertz CT molecular complexity index is 89.6. The van der Waals surface area contributed by atoms with Gasteiger partial charge < -0.3 is 5.32 Å². The highest BCUT2D eigenvalue weighted by molar-refractivity contribution is 6.18. The van der Waals surface area contributed by atoms with E-state index in [2.05, 4.69) is 26.1 Å². The van der Waals surface area contributed by atoms with Gasteiger partial charge in [-0.15, -0.1) is 11.6 Å². The van der Waals surface area contributed by atoms with Gasteiger partial charge in [-0.05, 0) is 26.3 Å². The molecule has 1 N–H and O–H groups in total. The third-order valence-corrected chi connectivity index (χ3v) is 2.75. The maximum atomic E-state index is 5.83. The minimum Gasteiger partial charge on any atom is -0.310 e. The third kappa shape index (κ3) is 4.65. The maximum Gasteiger partial charge on any atom is 0.0403 e. The molecule has 1 atom stereocenters. The molecule has 0 fully saturated rings. The molecule has 0 aliphatic carbocycles. The van der Waals surface area contributed by atoms with Crippen molar-refractivity contribution in [1.29, 1.82) is 0 Å². The zero-order valence-electron chi connectivity index (χ0n) is 7.91. The first-order valence-corrected chi connectivity index (χ1v) is 5.03. The lowest BCUT2D eigenvalue weighted by Gasteiger charge is -2.27. The zero-order chi connectivity index (χ0) is 8.74. The van der Waals surface area contributed by atoms with Gasteiger partial charge in [0.1, 0.15) is 0 Å². The molecule has 0 amide bonds. The highest BCUT2D eigenvalue weighted by Gasteiger charge is 2.18. The molecule has 11 heavy (non-hydrogen) atoms. The fourth-order valence-corrected chi connectivity index (χ4v) is 1.12. The standard InChI is InChI=1S/C9H20ClN/c1-4-6-7-11-9(3,5-2)8-10/h11H,4-8H2,1-3H3. The highest BCUT2D eigenvalue weighted by atomic mass is 35.5. The summed E-state index contributed by atoms with van der Waals surface area (Å²) in [4.78, 5) is 0. The van der Waals surface area contributed by atoms with E-state index < -0.39 is 0 Å². The van der Waals surface area contributed by atoms with E-state index in [9.17, 15) is 0 Å². The van der Waals surface area contributed by atoms with E-state index in [4.69, 9.17) is 11.6 Å². The van der Waals surface area contributed by atoms with Crippen LogP contribution >= 0.6 is 11.6 Å². The summed E-state index contributed by atoms with van der Waals surface area (Å²) in [6.45, 7) is 7.64. The predicted molar refractivity (Wildman–Crippen MR) is 52.3 cm³/mol. The number of rotatable bonds is 6. The monoisotopic (exact) mass is 177 g/mol. The second kappa shape index (κ2) is 5.84. The molecular formula is C9H20ClN. The molecule has 0 saturated heterocycles. The van der Waals surface area contributed by atoms with Crippen LogP contribution in [0.4, 0.5) is 0 Å². The van der Waals surface area contributed by atoms with Gasteiger partial charge in [-0.1, -0.05) is 20.3 Å². The molecule has 0 saturated carbocycles. The van der Waals surface area contributed by atoms with Crippen molar-refractivity contribution in [3.8, 4) is 0 Å². The van der Waals surface area contributed by atoms with Crippen LogP contribution < -0.4 is 5.32 Å². The van der Waals surface area contributed by atoms with Gasteiger partial charge in [0.05, 0.1) is 0 Å². The van der Waals surface area contributed by atoms with Gasteiger partial charge in [-0.3, -0.25) is 0 Å². The quantitative estimate of drug-likeness (QED) is 0.486. The maximum absolute atomic E-state index is 5.83. The molecule has 68 valence electrons.